The van der Waals surface area contributed by atoms with E-state index in [1.165, 1.54) is 12.1 Å². The molecular formula is C20H16F3N3O3. The van der Waals surface area contributed by atoms with Gasteiger partial charge in [-0.05, 0) is 56.3 Å². The summed E-state index contributed by atoms with van der Waals surface area (Å²) in [5.41, 5.74) is 2.17. The predicted octanol–water partition coefficient (Wildman–Crippen LogP) is 3.70. The van der Waals surface area contributed by atoms with Crippen LogP contribution in [0.4, 0.5) is 18.9 Å². The molecule has 0 saturated carbocycles. The normalized spacial score (nSPS) is 10.7. The van der Waals surface area contributed by atoms with E-state index in [0.29, 0.717) is 6.07 Å². The summed E-state index contributed by atoms with van der Waals surface area (Å²) in [7, 11) is 0. The zero-order valence-electron chi connectivity index (χ0n) is 15.5. The second kappa shape index (κ2) is 8.17. The number of esters is 1. The quantitative estimate of drug-likeness (QED) is 0.521. The summed E-state index contributed by atoms with van der Waals surface area (Å²) in [4.78, 5) is 23.9. The van der Waals surface area contributed by atoms with E-state index in [1.807, 2.05) is 25.2 Å². The number of amides is 1. The van der Waals surface area contributed by atoms with E-state index < -0.39 is 41.6 Å². The monoisotopic (exact) mass is 403 g/mol. The van der Waals surface area contributed by atoms with Crippen LogP contribution in [0.5, 0.6) is 0 Å². The lowest BCUT2D eigenvalue weighted by molar-refractivity contribution is -0.119. The first-order chi connectivity index (χ1) is 13.8. The molecule has 6 nitrogen and oxygen atoms in total. The van der Waals surface area contributed by atoms with E-state index in [1.54, 1.807) is 16.8 Å². The number of nitrogens with zero attached hydrogens (tertiary/aromatic N) is 2. The third kappa shape index (κ3) is 4.45. The summed E-state index contributed by atoms with van der Waals surface area (Å²) >= 11 is 0. The lowest BCUT2D eigenvalue weighted by Gasteiger charge is -2.09. The highest BCUT2D eigenvalue weighted by Gasteiger charge is 2.16. The Morgan fingerprint density at radius 2 is 1.72 bits per heavy atom. The SMILES string of the molecule is Cc1cc(C)n(-c2ccc(C(=O)OCC(=O)Nc3ccc(F)c(F)c3F)cc2)n1. The molecule has 0 bridgehead atoms. The highest BCUT2D eigenvalue weighted by molar-refractivity contribution is 5.95. The van der Waals surface area contributed by atoms with Crippen molar-refractivity contribution in [3.05, 3.63) is 76.9 Å². The molecule has 29 heavy (non-hydrogen) atoms. The molecule has 2 aromatic carbocycles. The van der Waals surface area contributed by atoms with Crippen LogP contribution in [0.15, 0.2) is 42.5 Å². The number of halogens is 3. The van der Waals surface area contributed by atoms with Gasteiger partial charge in [0.25, 0.3) is 5.91 Å². The van der Waals surface area contributed by atoms with Crippen molar-refractivity contribution >= 4 is 17.6 Å². The molecule has 150 valence electrons. The molecule has 1 amide bonds. The number of aryl methyl sites for hydroxylation is 2. The zero-order valence-corrected chi connectivity index (χ0v) is 15.5. The highest BCUT2D eigenvalue weighted by atomic mass is 19.2. The molecule has 0 saturated heterocycles. The van der Waals surface area contributed by atoms with Gasteiger partial charge in [-0.1, -0.05) is 0 Å². The number of hydrogen-bond donors (Lipinski definition) is 1. The minimum atomic E-state index is -1.71. The predicted molar refractivity (Wildman–Crippen MR) is 98.3 cm³/mol. The Balaban J connectivity index is 1.60. The molecular weight excluding hydrogens is 387 g/mol. The maximum atomic E-state index is 13.5. The van der Waals surface area contributed by atoms with Crippen molar-refractivity contribution in [1.29, 1.82) is 0 Å². The fourth-order valence-electron chi connectivity index (χ4n) is 2.65. The van der Waals surface area contributed by atoms with Gasteiger partial charge in [0.1, 0.15) is 0 Å². The molecule has 0 unspecified atom stereocenters. The minimum Gasteiger partial charge on any atom is -0.452 e. The van der Waals surface area contributed by atoms with Gasteiger partial charge in [0.15, 0.2) is 24.1 Å². The maximum absolute atomic E-state index is 13.5. The number of carbonyl (C=O) groups excluding carboxylic acids is 2. The van der Waals surface area contributed by atoms with E-state index in [9.17, 15) is 22.8 Å². The number of aromatic nitrogens is 2. The molecule has 3 rings (SSSR count). The Morgan fingerprint density at radius 3 is 2.34 bits per heavy atom. The summed E-state index contributed by atoms with van der Waals surface area (Å²) in [5, 5.41) is 6.35. The highest BCUT2D eigenvalue weighted by Crippen LogP contribution is 2.19. The van der Waals surface area contributed by atoms with Gasteiger partial charge in [-0.15, -0.1) is 0 Å². The van der Waals surface area contributed by atoms with E-state index in [-0.39, 0.29) is 5.56 Å². The number of rotatable bonds is 5. The molecule has 0 aliphatic heterocycles. The van der Waals surface area contributed by atoms with Gasteiger partial charge in [-0.25, -0.2) is 22.6 Å². The van der Waals surface area contributed by atoms with Crippen LogP contribution in [0.25, 0.3) is 5.69 Å². The van der Waals surface area contributed by atoms with Crippen LogP contribution >= 0.6 is 0 Å². The summed E-state index contributed by atoms with van der Waals surface area (Å²) in [6.07, 6.45) is 0. The number of benzene rings is 2. The first kappa shape index (κ1) is 20.1. The van der Waals surface area contributed by atoms with Crippen molar-refractivity contribution in [3.63, 3.8) is 0 Å². The van der Waals surface area contributed by atoms with Gasteiger partial charge < -0.3 is 10.1 Å². The largest absolute Gasteiger partial charge is 0.452 e. The number of anilines is 1. The molecule has 0 fully saturated rings. The smallest absolute Gasteiger partial charge is 0.338 e. The van der Waals surface area contributed by atoms with Crippen LogP contribution in [-0.2, 0) is 9.53 Å². The number of carbonyl (C=O) groups is 2. The van der Waals surface area contributed by atoms with Crippen molar-refractivity contribution < 1.29 is 27.5 Å². The van der Waals surface area contributed by atoms with Gasteiger partial charge in [-0.2, -0.15) is 5.10 Å². The van der Waals surface area contributed by atoms with Gasteiger partial charge in [0.2, 0.25) is 0 Å². The van der Waals surface area contributed by atoms with Crippen molar-refractivity contribution in [2.45, 2.75) is 13.8 Å². The Bertz CT molecular complexity index is 1080. The lowest BCUT2D eigenvalue weighted by atomic mass is 10.2. The maximum Gasteiger partial charge on any atom is 0.338 e. The van der Waals surface area contributed by atoms with E-state index in [2.05, 4.69) is 5.10 Å². The molecule has 0 aliphatic rings. The standard InChI is InChI=1S/C20H16F3N3O3/c1-11-9-12(2)26(25-11)14-5-3-13(4-6-14)20(28)29-10-17(27)24-16-8-7-15(21)18(22)19(16)23/h3-9H,10H2,1-2H3,(H,24,27). The van der Waals surface area contributed by atoms with Gasteiger partial charge in [0, 0.05) is 5.69 Å². The Hall–Kier alpha value is -3.62. The van der Waals surface area contributed by atoms with E-state index in [4.69, 9.17) is 4.74 Å². The number of ether oxygens (including phenoxy) is 1. The fraction of sp³-hybridized carbons (Fsp3) is 0.150. The van der Waals surface area contributed by atoms with E-state index in [0.717, 1.165) is 23.1 Å². The van der Waals surface area contributed by atoms with Crippen LogP contribution in [0, 0.1) is 31.3 Å². The first-order valence-corrected chi connectivity index (χ1v) is 8.50. The van der Waals surface area contributed by atoms with Crippen molar-refractivity contribution in [2.75, 3.05) is 11.9 Å². The third-order valence-electron chi connectivity index (χ3n) is 4.00. The van der Waals surface area contributed by atoms with Crippen molar-refractivity contribution in [3.8, 4) is 5.69 Å². The van der Waals surface area contributed by atoms with Crippen molar-refractivity contribution in [1.82, 2.24) is 9.78 Å². The van der Waals surface area contributed by atoms with Crippen LogP contribution in [0.3, 0.4) is 0 Å². The van der Waals surface area contributed by atoms with E-state index >= 15 is 0 Å². The van der Waals surface area contributed by atoms with Crippen molar-refractivity contribution in [2.24, 2.45) is 0 Å². The molecule has 1 heterocycles. The summed E-state index contributed by atoms with van der Waals surface area (Å²) in [6.45, 7) is 3.04. The Morgan fingerprint density at radius 1 is 1.03 bits per heavy atom. The lowest BCUT2D eigenvalue weighted by Crippen LogP contribution is -2.21. The Kier molecular flexibility index (Phi) is 5.67. The van der Waals surface area contributed by atoms with Gasteiger partial charge >= 0.3 is 5.97 Å². The average Bonchev–Trinajstić information content (AvgIpc) is 3.04. The molecule has 0 atom stereocenters. The molecule has 0 spiro atoms. The topological polar surface area (TPSA) is 73.2 Å². The van der Waals surface area contributed by atoms with Crippen LogP contribution in [0.2, 0.25) is 0 Å². The average molecular weight is 403 g/mol. The molecule has 3 aromatic rings. The fourth-order valence-corrected chi connectivity index (χ4v) is 2.65. The van der Waals surface area contributed by atoms with Gasteiger partial charge in [0.05, 0.1) is 22.6 Å². The minimum absolute atomic E-state index is 0.196. The second-order valence-electron chi connectivity index (χ2n) is 6.23. The number of hydrogen-bond acceptors (Lipinski definition) is 4. The molecule has 1 aromatic heterocycles. The van der Waals surface area contributed by atoms with Crippen LogP contribution in [0.1, 0.15) is 21.7 Å². The van der Waals surface area contributed by atoms with Crippen LogP contribution in [-0.4, -0.2) is 28.3 Å². The molecule has 9 heteroatoms. The first-order valence-electron chi connectivity index (χ1n) is 8.50. The summed E-state index contributed by atoms with van der Waals surface area (Å²) < 4.78 is 46.2. The zero-order chi connectivity index (χ0) is 21.1. The second-order valence-corrected chi connectivity index (χ2v) is 6.23. The summed E-state index contributed by atoms with van der Waals surface area (Å²) in [6, 6.07) is 9.83. The molecule has 1 N–H and O–H groups in total. The molecule has 0 aliphatic carbocycles. The van der Waals surface area contributed by atoms with Crippen LogP contribution < -0.4 is 5.32 Å². The third-order valence-corrected chi connectivity index (χ3v) is 4.00. The summed E-state index contributed by atoms with van der Waals surface area (Å²) in [5.74, 6) is -6.30. The molecule has 0 radical (unpaired) electrons. The van der Waals surface area contributed by atoms with Gasteiger partial charge in [-0.3, -0.25) is 4.79 Å². The Labute approximate surface area is 163 Å². The number of nitrogens with one attached hydrogen (secondary N) is 1.